The molecule has 0 rings (SSSR count). The predicted molar refractivity (Wildman–Crippen MR) is 44.3 cm³/mol. The van der Waals surface area contributed by atoms with Crippen molar-refractivity contribution in [3.8, 4) is 0 Å². The Morgan fingerprint density at radius 3 is 2.00 bits per heavy atom. The molecule has 0 aromatic carbocycles. The number of carbonyl (C=O) groups is 1. The molecule has 0 heterocycles. The summed E-state index contributed by atoms with van der Waals surface area (Å²) in [6, 6.07) is 0. The Kier molecular flexibility index (Phi) is 3.65. The molecule has 0 saturated heterocycles. The van der Waals surface area contributed by atoms with Crippen LogP contribution in [0.5, 0.6) is 0 Å². The average molecular weight is 157 g/mol. The third-order valence-electron chi connectivity index (χ3n) is 1.63. The first kappa shape index (κ1) is 10.0. The Labute approximate surface area is 67.3 Å². The fourth-order valence-electron chi connectivity index (χ4n) is 1.04. The summed E-state index contributed by atoms with van der Waals surface area (Å²) in [5.74, 6) is -0.837. The van der Waals surface area contributed by atoms with Crippen LogP contribution in [0.25, 0.3) is 0 Å². The smallest absolute Gasteiger partial charge is 0.333 e. The van der Waals surface area contributed by atoms with Gasteiger partial charge in [-0.15, -0.1) is 0 Å². The lowest BCUT2D eigenvalue weighted by Gasteiger charge is -2.17. The molecule has 0 radical (unpaired) electrons. The van der Waals surface area contributed by atoms with Gasteiger partial charge in [0.2, 0.25) is 0 Å². The highest BCUT2D eigenvalue weighted by atomic mass is 16.4. The zero-order valence-corrected chi connectivity index (χ0v) is 7.51. The van der Waals surface area contributed by atoms with Crippen molar-refractivity contribution < 1.29 is 9.90 Å². The highest BCUT2D eigenvalue weighted by Crippen LogP contribution is 2.10. The number of nitrogens with zero attached hydrogens (tertiary/aromatic N) is 1. The molecule has 0 amide bonds. The van der Waals surface area contributed by atoms with E-state index in [4.69, 9.17) is 5.11 Å². The van der Waals surface area contributed by atoms with Gasteiger partial charge in [-0.2, -0.15) is 0 Å². The van der Waals surface area contributed by atoms with E-state index in [9.17, 15) is 4.79 Å². The molecule has 1 N–H and O–H groups in total. The maximum atomic E-state index is 10.5. The van der Waals surface area contributed by atoms with Gasteiger partial charge in [-0.25, -0.2) is 4.79 Å². The Hall–Kier alpha value is -0.990. The highest BCUT2D eigenvalue weighted by molar-refractivity contribution is 5.86. The van der Waals surface area contributed by atoms with E-state index in [1.54, 1.807) is 6.92 Å². The molecule has 0 aromatic heterocycles. The standard InChI is InChI=1S/C8H15NO2/c1-5-7(9(3)4)6(2)8(10)11/h5H2,1-4H3,(H,10,11)/b7-6-. The van der Waals surface area contributed by atoms with E-state index in [-0.39, 0.29) is 0 Å². The molecule has 3 heteroatoms. The van der Waals surface area contributed by atoms with Gasteiger partial charge in [0.1, 0.15) is 0 Å². The van der Waals surface area contributed by atoms with Gasteiger partial charge in [-0.1, -0.05) is 6.92 Å². The van der Waals surface area contributed by atoms with Crippen LogP contribution in [0.15, 0.2) is 11.3 Å². The highest BCUT2D eigenvalue weighted by Gasteiger charge is 2.08. The van der Waals surface area contributed by atoms with E-state index in [0.29, 0.717) is 5.57 Å². The topological polar surface area (TPSA) is 40.5 Å². The SMILES string of the molecule is CC/C(=C(\C)C(=O)O)N(C)C. The first-order valence-electron chi connectivity index (χ1n) is 3.61. The first-order valence-corrected chi connectivity index (χ1v) is 3.61. The fourth-order valence-corrected chi connectivity index (χ4v) is 1.04. The molecule has 0 aliphatic heterocycles. The number of hydrogen-bond acceptors (Lipinski definition) is 2. The Bertz CT molecular complexity index is 183. The van der Waals surface area contributed by atoms with E-state index < -0.39 is 5.97 Å². The molecule has 0 unspecified atom stereocenters. The van der Waals surface area contributed by atoms with E-state index in [1.165, 1.54) is 0 Å². The van der Waals surface area contributed by atoms with Crippen LogP contribution in [0.3, 0.4) is 0 Å². The predicted octanol–water partition coefficient (Wildman–Crippen LogP) is 1.32. The van der Waals surface area contributed by atoms with Gasteiger partial charge in [0.25, 0.3) is 0 Å². The molecule has 64 valence electrons. The van der Waals surface area contributed by atoms with Crippen molar-refractivity contribution >= 4 is 5.97 Å². The number of allylic oxidation sites excluding steroid dienone is 1. The third kappa shape index (κ3) is 2.62. The molecular formula is C8H15NO2. The van der Waals surface area contributed by atoms with Crippen molar-refractivity contribution in [2.45, 2.75) is 20.3 Å². The maximum Gasteiger partial charge on any atom is 0.333 e. The number of carboxylic acid groups (broad SMARTS) is 1. The van der Waals surface area contributed by atoms with Crippen LogP contribution in [0.4, 0.5) is 0 Å². The minimum Gasteiger partial charge on any atom is -0.478 e. The molecule has 0 atom stereocenters. The Balaban J connectivity index is 4.68. The number of rotatable bonds is 3. The molecule has 0 saturated carbocycles. The van der Waals surface area contributed by atoms with Gasteiger partial charge in [0.05, 0.1) is 5.57 Å². The van der Waals surface area contributed by atoms with Crippen molar-refractivity contribution in [3.05, 3.63) is 11.3 Å². The molecule has 11 heavy (non-hydrogen) atoms. The largest absolute Gasteiger partial charge is 0.478 e. The zero-order chi connectivity index (χ0) is 9.02. The maximum absolute atomic E-state index is 10.5. The molecule has 0 aromatic rings. The number of aliphatic carboxylic acids is 1. The summed E-state index contributed by atoms with van der Waals surface area (Å²) in [5, 5.41) is 8.65. The lowest BCUT2D eigenvalue weighted by Crippen LogP contribution is -2.15. The van der Waals surface area contributed by atoms with Crippen LogP contribution >= 0.6 is 0 Å². The minimum absolute atomic E-state index is 0.428. The quantitative estimate of drug-likeness (QED) is 0.628. The van der Waals surface area contributed by atoms with Gasteiger partial charge in [-0.05, 0) is 13.3 Å². The summed E-state index contributed by atoms with van der Waals surface area (Å²) >= 11 is 0. The summed E-state index contributed by atoms with van der Waals surface area (Å²) in [6.45, 7) is 3.57. The lowest BCUT2D eigenvalue weighted by molar-refractivity contribution is -0.132. The van der Waals surface area contributed by atoms with Crippen LogP contribution in [-0.4, -0.2) is 30.1 Å². The third-order valence-corrected chi connectivity index (χ3v) is 1.63. The van der Waals surface area contributed by atoms with Crippen molar-refractivity contribution in [1.82, 2.24) is 4.90 Å². The second kappa shape index (κ2) is 4.01. The Morgan fingerprint density at radius 2 is 1.91 bits per heavy atom. The normalized spacial score (nSPS) is 12.4. The monoisotopic (exact) mass is 157 g/mol. The van der Waals surface area contributed by atoms with Crippen LogP contribution in [0, 0.1) is 0 Å². The van der Waals surface area contributed by atoms with Crippen molar-refractivity contribution in [1.29, 1.82) is 0 Å². The van der Waals surface area contributed by atoms with Gasteiger partial charge < -0.3 is 10.0 Å². The molecule has 0 spiro atoms. The van der Waals surface area contributed by atoms with Crippen LogP contribution in [0.1, 0.15) is 20.3 Å². The molecule has 0 fully saturated rings. The number of carboxylic acids is 1. The van der Waals surface area contributed by atoms with Crippen LogP contribution in [0.2, 0.25) is 0 Å². The lowest BCUT2D eigenvalue weighted by atomic mass is 10.2. The summed E-state index contributed by atoms with van der Waals surface area (Å²) in [7, 11) is 3.70. The fraction of sp³-hybridized carbons (Fsp3) is 0.625. The van der Waals surface area contributed by atoms with E-state index in [1.807, 2.05) is 25.9 Å². The molecular weight excluding hydrogens is 142 g/mol. The van der Waals surface area contributed by atoms with Crippen molar-refractivity contribution in [2.24, 2.45) is 0 Å². The summed E-state index contributed by atoms with van der Waals surface area (Å²) in [4.78, 5) is 12.4. The van der Waals surface area contributed by atoms with E-state index in [2.05, 4.69) is 0 Å². The summed E-state index contributed by atoms with van der Waals surface area (Å²) in [6.07, 6.45) is 0.755. The van der Waals surface area contributed by atoms with Gasteiger partial charge in [0, 0.05) is 19.8 Å². The van der Waals surface area contributed by atoms with E-state index >= 15 is 0 Å². The molecule has 0 bridgehead atoms. The van der Waals surface area contributed by atoms with Crippen LogP contribution < -0.4 is 0 Å². The van der Waals surface area contributed by atoms with Gasteiger partial charge >= 0.3 is 5.97 Å². The zero-order valence-electron chi connectivity index (χ0n) is 7.51. The minimum atomic E-state index is -0.837. The summed E-state index contributed by atoms with van der Waals surface area (Å²) in [5.41, 5.74) is 1.30. The molecule has 0 aliphatic carbocycles. The van der Waals surface area contributed by atoms with Crippen molar-refractivity contribution in [2.75, 3.05) is 14.1 Å². The second-order valence-corrected chi connectivity index (χ2v) is 2.62. The van der Waals surface area contributed by atoms with Crippen molar-refractivity contribution in [3.63, 3.8) is 0 Å². The van der Waals surface area contributed by atoms with E-state index in [0.717, 1.165) is 12.1 Å². The first-order chi connectivity index (χ1) is 5.00. The van der Waals surface area contributed by atoms with Crippen LogP contribution in [-0.2, 0) is 4.79 Å². The Morgan fingerprint density at radius 1 is 1.45 bits per heavy atom. The number of hydrogen-bond donors (Lipinski definition) is 1. The molecule has 0 aliphatic rings. The molecule has 3 nitrogen and oxygen atoms in total. The van der Waals surface area contributed by atoms with Gasteiger partial charge in [0.15, 0.2) is 0 Å². The second-order valence-electron chi connectivity index (χ2n) is 2.62. The van der Waals surface area contributed by atoms with Gasteiger partial charge in [-0.3, -0.25) is 0 Å². The summed E-state index contributed by atoms with van der Waals surface area (Å²) < 4.78 is 0. The average Bonchev–Trinajstić information content (AvgIpc) is 1.88.